The monoisotopic (exact) mass is 269 g/mol. The number of thiazole rings is 1. The summed E-state index contributed by atoms with van der Waals surface area (Å²) in [6.45, 7) is 3.14. The van der Waals surface area contributed by atoms with Gasteiger partial charge in [0.2, 0.25) is 5.91 Å². The quantitative estimate of drug-likeness (QED) is 0.835. The zero-order chi connectivity index (χ0) is 13.0. The minimum atomic E-state index is -0.107. The number of hydrogen-bond donors (Lipinski definition) is 2. The Labute approximate surface area is 111 Å². The van der Waals surface area contributed by atoms with E-state index in [4.69, 9.17) is 4.74 Å². The topological polar surface area (TPSA) is 63.2 Å². The third-order valence-electron chi connectivity index (χ3n) is 3.26. The van der Waals surface area contributed by atoms with Gasteiger partial charge in [0, 0.05) is 17.6 Å². The van der Waals surface area contributed by atoms with Crippen molar-refractivity contribution in [2.75, 3.05) is 20.3 Å². The number of likely N-dealkylation sites (N-methyl/N-ethyl adjacent to an activating group) is 1. The second-order valence-corrected chi connectivity index (χ2v) is 5.31. The Morgan fingerprint density at radius 2 is 2.50 bits per heavy atom. The Morgan fingerprint density at radius 3 is 3.11 bits per heavy atom. The van der Waals surface area contributed by atoms with Crippen LogP contribution < -0.4 is 10.6 Å². The lowest BCUT2D eigenvalue weighted by atomic mass is 10.0. The largest absolute Gasteiger partial charge is 0.379 e. The molecule has 1 aliphatic rings. The minimum Gasteiger partial charge on any atom is -0.379 e. The van der Waals surface area contributed by atoms with Gasteiger partial charge in [0.25, 0.3) is 0 Å². The first kappa shape index (κ1) is 13.5. The Balaban J connectivity index is 1.97. The third kappa shape index (κ3) is 2.88. The van der Waals surface area contributed by atoms with Crippen molar-refractivity contribution in [1.82, 2.24) is 15.6 Å². The van der Waals surface area contributed by atoms with Crippen molar-refractivity contribution >= 4 is 17.2 Å². The summed E-state index contributed by atoms with van der Waals surface area (Å²) in [5, 5.41) is 9.08. The molecule has 0 aromatic carbocycles. The maximum absolute atomic E-state index is 12.2. The molecule has 0 saturated carbocycles. The number of nitrogens with one attached hydrogen (secondary N) is 2. The van der Waals surface area contributed by atoms with Crippen molar-refractivity contribution in [2.24, 2.45) is 5.92 Å². The molecule has 1 aromatic heterocycles. The molecule has 18 heavy (non-hydrogen) atoms. The van der Waals surface area contributed by atoms with Crippen LogP contribution >= 0.6 is 11.3 Å². The lowest BCUT2D eigenvalue weighted by Crippen LogP contribution is -2.43. The Bertz CT molecular complexity index is 383. The van der Waals surface area contributed by atoms with Crippen LogP contribution in [0.5, 0.6) is 0 Å². The van der Waals surface area contributed by atoms with E-state index >= 15 is 0 Å². The first-order chi connectivity index (χ1) is 8.76. The number of carbonyl (C=O) groups excluding carboxylic acids is 1. The van der Waals surface area contributed by atoms with Gasteiger partial charge in [-0.05, 0) is 13.5 Å². The van der Waals surface area contributed by atoms with Gasteiger partial charge in [-0.3, -0.25) is 4.79 Å². The normalized spacial score (nSPS) is 25.0. The van der Waals surface area contributed by atoms with E-state index < -0.39 is 0 Å². The number of aromatic nitrogens is 1. The van der Waals surface area contributed by atoms with Gasteiger partial charge in [0.05, 0.1) is 25.2 Å². The smallest absolute Gasteiger partial charge is 0.227 e. The van der Waals surface area contributed by atoms with Crippen LogP contribution in [0.4, 0.5) is 0 Å². The lowest BCUT2D eigenvalue weighted by molar-refractivity contribution is -0.126. The fourth-order valence-corrected chi connectivity index (χ4v) is 2.89. The van der Waals surface area contributed by atoms with Crippen molar-refractivity contribution < 1.29 is 9.53 Å². The van der Waals surface area contributed by atoms with E-state index in [1.807, 2.05) is 19.4 Å². The second kappa shape index (κ2) is 6.26. The molecule has 1 amide bonds. The second-order valence-electron chi connectivity index (χ2n) is 4.38. The highest BCUT2D eigenvalue weighted by Crippen LogP contribution is 2.21. The molecule has 0 spiro atoms. The maximum Gasteiger partial charge on any atom is 0.227 e. The molecular formula is C12H19N3O2S. The van der Waals surface area contributed by atoms with Gasteiger partial charge >= 0.3 is 0 Å². The van der Waals surface area contributed by atoms with Crippen molar-refractivity contribution in [2.45, 2.75) is 25.4 Å². The highest BCUT2D eigenvalue weighted by Gasteiger charge is 2.34. The third-order valence-corrected chi connectivity index (χ3v) is 4.15. The molecule has 1 saturated heterocycles. The standard InChI is InChI=1S/C12H19N3O2S/c1-3-9(12-14-4-5-18-12)15-11(16)8-6-17-7-10(8)13-2/h4-5,8-10,13H,3,6-7H2,1-2H3,(H,15,16). The molecule has 2 N–H and O–H groups in total. The van der Waals surface area contributed by atoms with Gasteiger partial charge < -0.3 is 15.4 Å². The molecule has 2 heterocycles. The average molecular weight is 269 g/mol. The number of ether oxygens (including phenoxy) is 1. The predicted octanol–water partition coefficient (Wildman–Crippen LogP) is 0.945. The van der Waals surface area contributed by atoms with E-state index in [0.717, 1.165) is 11.4 Å². The van der Waals surface area contributed by atoms with Crippen LogP contribution in [0, 0.1) is 5.92 Å². The summed E-state index contributed by atoms with van der Waals surface area (Å²) in [4.78, 5) is 16.5. The van der Waals surface area contributed by atoms with Crippen LogP contribution in [0.2, 0.25) is 0 Å². The van der Waals surface area contributed by atoms with E-state index in [1.54, 1.807) is 17.5 Å². The molecule has 0 bridgehead atoms. The number of hydrogen-bond acceptors (Lipinski definition) is 5. The predicted molar refractivity (Wildman–Crippen MR) is 70.4 cm³/mol. The molecule has 6 heteroatoms. The Morgan fingerprint density at radius 1 is 1.67 bits per heavy atom. The SMILES string of the molecule is CCC(NC(=O)C1COCC1NC)c1nccs1. The molecule has 1 fully saturated rings. The summed E-state index contributed by atoms with van der Waals surface area (Å²) < 4.78 is 5.35. The van der Waals surface area contributed by atoms with E-state index in [1.165, 1.54) is 0 Å². The summed E-state index contributed by atoms with van der Waals surface area (Å²) in [7, 11) is 1.86. The molecule has 0 aliphatic carbocycles. The van der Waals surface area contributed by atoms with Gasteiger partial charge in [0.1, 0.15) is 5.01 Å². The molecule has 100 valence electrons. The number of carbonyl (C=O) groups is 1. The van der Waals surface area contributed by atoms with E-state index in [0.29, 0.717) is 13.2 Å². The molecule has 1 aromatic rings. The van der Waals surface area contributed by atoms with Crippen molar-refractivity contribution in [3.63, 3.8) is 0 Å². The van der Waals surface area contributed by atoms with Crippen LogP contribution in [0.25, 0.3) is 0 Å². The van der Waals surface area contributed by atoms with Crippen LogP contribution in [0.3, 0.4) is 0 Å². The zero-order valence-electron chi connectivity index (χ0n) is 10.7. The van der Waals surface area contributed by atoms with E-state index in [2.05, 4.69) is 15.6 Å². The highest BCUT2D eigenvalue weighted by molar-refractivity contribution is 7.09. The summed E-state index contributed by atoms with van der Waals surface area (Å²) in [6, 6.07) is 0.120. The van der Waals surface area contributed by atoms with E-state index in [-0.39, 0.29) is 23.9 Å². The molecular weight excluding hydrogens is 250 g/mol. The van der Waals surface area contributed by atoms with Crippen LogP contribution in [-0.2, 0) is 9.53 Å². The number of amides is 1. The Hall–Kier alpha value is -0.980. The maximum atomic E-state index is 12.2. The minimum absolute atomic E-state index is 0.00982. The fourth-order valence-electron chi connectivity index (χ4n) is 2.12. The molecule has 1 aliphatic heterocycles. The summed E-state index contributed by atoms with van der Waals surface area (Å²) in [6.07, 6.45) is 2.61. The van der Waals surface area contributed by atoms with Gasteiger partial charge in [-0.2, -0.15) is 0 Å². The van der Waals surface area contributed by atoms with Crippen LogP contribution in [0.15, 0.2) is 11.6 Å². The van der Waals surface area contributed by atoms with Gasteiger partial charge in [0.15, 0.2) is 0 Å². The van der Waals surface area contributed by atoms with Crippen molar-refractivity contribution in [3.05, 3.63) is 16.6 Å². The molecule has 5 nitrogen and oxygen atoms in total. The first-order valence-corrected chi connectivity index (χ1v) is 7.09. The highest BCUT2D eigenvalue weighted by atomic mass is 32.1. The summed E-state index contributed by atoms with van der Waals surface area (Å²) in [5.74, 6) is -0.0575. The zero-order valence-corrected chi connectivity index (χ0v) is 11.5. The Kier molecular flexibility index (Phi) is 4.68. The first-order valence-electron chi connectivity index (χ1n) is 6.21. The van der Waals surface area contributed by atoms with E-state index in [9.17, 15) is 4.79 Å². The summed E-state index contributed by atoms with van der Waals surface area (Å²) >= 11 is 1.57. The number of nitrogens with zero attached hydrogens (tertiary/aromatic N) is 1. The molecule has 3 atom stereocenters. The van der Waals surface area contributed by atoms with Crippen molar-refractivity contribution in [3.8, 4) is 0 Å². The van der Waals surface area contributed by atoms with Crippen LogP contribution in [-0.4, -0.2) is 37.2 Å². The molecule has 0 radical (unpaired) electrons. The van der Waals surface area contributed by atoms with Gasteiger partial charge in [-0.25, -0.2) is 4.98 Å². The fraction of sp³-hybridized carbons (Fsp3) is 0.667. The lowest BCUT2D eigenvalue weighted by Gasteiger charge is -2.20. The average Bonchev–Trinajstić information content (AvgIpc) is 3.05. The van der Waals surface area contributed by atoms with Crippen LogP contribution in [0.1, 0.15) is 24.4 Å². The molecule has 2 rings (SSSR count). The van der Waals surface area contributed by atoms with Gasteiger partial charge in [-0.1, -0.05) is 6.92 Å². The molecule has 3 unspecified atom stereocenters. The van der Waals surface area contributed by atoms with Crippen molar-refractivity contribution in [1.29, 1.82) is 0 Å². The number of rotatable bonds is 5. The summed E-state index contributed by atoms with van der Waals surface area (Å²) in [5.41, 5.74) is 0. The van der Waals surface area contributed by atoms with Gasteiger partial charge in [-0.15, -0.1) is 11.3 Å².